The first kappa shape index (κ1) is 20.6. The number of amides is 1. The molecule has 0 fully saturated rings. The molecule has 0 saturated heterocycles. The molecule has 0 bridgehead atoms. The van der Waals surface area contributed by atoms with E-state index in [2.05, 4.69) is 12.2 Å². The van der Waals surface area contributed by atoms with Crippen molar-refractivity contribution in [2.24, 2.45) is 0 Å². The third kappa shape index (κ3) is 5.46. The summed E-state index contributed by atoms with van der Waals surface area (Å²) < 4.78 is 5.62. The summed E-state index contributed by atoms with van der Waals surface area (Å²) in [4.78, 5) is 25.6. The van der Waals surface area contributed by atoms with Crippen LogP contribution in [-0.4, -0.2) is 18.3 Å². The molecule has 0 atom stereocenters. The number of ketones is 1. The number of carbonyl (C=O) groups excluding carboxylic acids is 2. The Bertz CT molecular complexity index is 985. The number of unbranched alkanes of at least 4 members (excludes halogenated alkanes) is 1. The Hall–Kier alpha value is -3.11. The van der Waals surface area contributed by atoms with Crippen LogP contribution in [0.15, 0.2) is 72.8 Å². The molecule has 0 radical (unpaired) electrons. The predicted octanol–water partition coefficient (Wildman–Crippen LogP) is 6.00. The van der Waals surface area contributed by atoms with E-state index in [0.29, 0.717) is 34.0 Å². The Balaban J connectivity index is 1.78. The Labute approximate surface area is 175 Å². The van der Waals surface area contributed by atoms with E-state index in [1.54, 1.807) is 66.7 Å². The number of halogens is 1. The van der Waals surface area contributed by atoms with Gasteiger partial charge in [0.25, 0.3) is 5.91 Å². The summed E-state index contributed by atoms with van der Waals surface area (Å²) in [5, 5.41) is 3.24. The summed E-state index contributed by atoms with van der Waals surface area (Å²) in [6, 6.07) is 20.7. The van der Waals surface area contributed by atoms with Crippen molar-refractivity contribution in [1.82, 2.24) is 0 Å². The van der Waals surface area contributed by atoms with Gasteiger partial charge in [0, 0.05) is 21.7 Å². The maximum atomic E-state index is 12.9. The van der Waals surface area contributed by atoms with E-state index < -0.39 is 0 Å². The lowest BCUT2D eigenvalue weighted by Crippen LogP contribution is -2.15. The molecule has 3 rings (SSSR count). The fraction of sp³-hybridized carbons (Fsp3) is 0.167. The van der Waals surface area contributed by atoms with Crippen molar-refractivity contribution in [2.45, 2.75) is 19.8 Å². The molecule has 3 aromatic carbocycles. The number of carbonyl (C=O) groups is 2. The van der Waals surface area contributed by atoms with Crippen molar-refractivity contribution >= 4 is 29.0 Å². The summed E-state index contributed by atoms with van der Waals surface area (Å²) >= 11 is 6.09. The van der Waals surface area contributed by atoms with E-state index in [1.165, 1.54) is 0 Å². The fourth-order valence-electron chi connectivity index (χ4n) is 2.79. The lowest BCUT2D eigenvalue weighted by molar-refractivity contribution is 0.102. The molecule has 5 heteroatoms. The van der Waals surface area contributed by atoms with E-state index in [0.717, 1.165) is 18.6 Å². The van der Waals surface area contributed by atoms with Crippen LogP contribution in [0, 0.1) is 0 Å². The zero-order valence-electron chi connectivity index (χ0n) is 16.2. The second-order valence-corrected chi connectivity index (χ2v) is 7.00. The van der Waals surface area contributed by atoms with Gasteiger partial charge in [0.05, 0.1) is 12.3 Å². The molecule has 0 aliphatic rings. The van der Waals surface area contributed by atoms with Gasteiger partial charge in [-0.25, -0.2) is 0 Å². The number of hydrogen-bond donors (Lipinski definition) is 1. The van der Waals surface area contributed by atoms with Crippen LogP contribution in [-0.2, 0) is 0 Å². The van der Waals surface area contributed by atoms with Crippen LogP contribution in [0.1, 0.15) is 46.0 Å². The molecule has 148 valence electrons. The minimum absolute atomic E-state index is 0.205. The van der Waals surface area contributed by atoms with E-state index in [4.69, 9.17) is 16.3 Å². The molecule has 0 heterocycles. The van der Waals surface area contributed by atoms with Gasteiger partial charge in [0.2, 0.25) is 0 Å². The number of anilines is 1. The molecule has 1 amide bonds. The maximum absolute atomic E-state index is 12.9. The smallest absolute Gasteiger partial charge is 0.255 e. The number of ether oxygens (including phenoxy) is 1. The number of nitrogens with one attached hydrogen (secondary N) is 1. The zero-order valence-corrected chi connectivity index (χ0v) is 16.9. The van der Waals surface area contributed by atoms with E-state index in [9.17, 15) is 9.59 Å². The van der Waals surface area contributed by atoms with Crippen molar-refractivity contribution in [3.8, 4) is 5.75 Å². The van der Waals surface area contributed by atoms with Crippen LogP contribution >= 0.6 is 11.6 Å². The van der Waals surface area contributed by atoms with Crippen LogP contribution < -0.4 is 10.1 Å². The largest absolute Gasteiger partial charge is 0.494 e. The van der Waals surface area contributed by atoms with Gasteiger partial charge < -0.3 is 10.1 Å². The maximum Gasteiger partial charge on any atom is 0.255 e. The van der Waals surface area contributed by atoms with Crippen molar-refractivity contribution < 1.29 is 14.3 Å². The Kier molecular flexibility index (Phi) is 7.04. The van der Waals surface area contributed by atoms with Crippen LogP contribution in [0.3, 0.4) is 0 Å². The molecular weight excluding hydrogens is 386 g/mol. The number of benzene rings is 3. The van der Waals surface area contributed by atoms with Crippen LogP contribution in [0.5, 0.6) is 5.75 Å². The fourth-order valence-corrected chi connectivity index (χ4v) is 2.96. The van der Waals surface area contributed by atoms with Gasteiger partial charge in [-0.15, -0.1) is 0 Å². The SMILES string of the molecule is CCCCOc1ccc(C(=O)Nc2ccc(Cl)cc2C(=O)c2ccccc2)cc1. The first-order chi connectivity index (χ1) is 14.1. The van der Waals surface area contributed by atoms with Gasteiger partial charge in [-0.2, -0.15) is 0 Å². The molecule has 0 aliphatic carbocycles. The molecular formula is C24H22ClNO3. The van der Waals surface area contributed by atoms with Crippen LogP contribution in [0.2, 0.25) is 5.02 Å². The van der Waals surface area contributed by atoms with E-state index in [-0.39, 0.29) is 11.7 Å². The number of rotatable bonds is 8. The molecule has 1 N–H and O–H groups in total. The summed E-state index contributed by atoms with van der Waals surface area (Å²) in [6.45, 7) is 2.75. The molecule has 3 aromatic rings. The molecule has 0 unspecified atom stereocenters. The topological polar surface area (TPSA) is 55.4 Å². The highest BCUT2D eigenvalue weighted by atomic mass is 35.5. The predicted molar refractivity (Wildman–Crippen MR) is 116 cm³/mol. The minimum Gasteiger partial charge on any atom is -0.494 e. The second-order valence-electron chi connectivity index (χ2n) is 6.57. The third-order valence-corrected chi connectivity index (χ3v) is 4.63. The molecule has 29 heavy (non-hydrogen) atoms. The highest BCUT2D eigenvalue weighted by molar-refractivity contribution is 6.31. The summed E-state index contributed by atoms with van der Waals surface area (Å²) in [5.74, 6) is 0.207. The minimum atomic E-state index is -0.311. The van der Waals surface area contributed by atoms with Gasteiger partial charge in [-0.1, -0.05) is 55.3 Å². The van der Waals surface area contributed by atoms with Gasteiger partial charge in [0.15, 0.2) is 5.78 Å². The highest BCUT2D eigenvalue weighted by Crippen LogP contribution is 2.24. The lowest BCUT2D eigenvalue weighted by atomic mass is 10.0. The summed E-state index contributed by atoms with van der Waals surface area (Å²) in [7, 11) is 0. The first-order valence-electron chi connectivity index (χ1n) is 9.52. The second kappa shape index (κ2) is 9.89. The van der Waals surface area contributed by atoms with Crippen LogP contribution in [0.25, 0.3) is 0 Å². The molecule has 0 saturated carbocycles. The third-order valence-electron chi connectivity index (χ3n) is 4.39. The molecule has 0 spiro atoms. The first-order valence-corrected chi connectivity index (χ1v) is 9.90. The monoisotopic (exact) mass is 407 g/mol. The molecule has 4 nitrogen and oxygen atoms in total. The van der Waals surface area contributed by atoms with Gasteiger partial charge in [-0.05, 0) is 48.9 Å². The van der Waals surface area contributed by atoms with Crippen molar-refractivity contribution in [3.63, 3.8) is 0 Å². The molecule has 0 aromatic heterocycles. The zero-order chi connectivity index (χ0) is 20.6. The lowest BCUT2D eigenvalue weighted by Gasteiger charge is -2.12. The number of hydrogen-bond acceptors (Lipinski definition) is 3. The highest BCUT2D eigenvalue weighted by Gasteiger charge is 2.16. The van der Waals surface area contributed by atoms with Crippen molar-refractivity contribution in [3.05, 3.63) is 94.5 Å². The quantitative estimate of drug-likeness (QED) is 0.368. The Morgan fingerprint density at radius 1 is 0.931 bits per heavy atom. The van der Waals surface area contributed by atoms with Gasteiger partial charge in [-0.3, -0.25) is 9.59 Å². The van der Waals surface area contributed by atoms with E-state index in [1.807, 2.05) is 6.07 Å². The summed E-state index contributed by atoms with van der Waals surface area (Å²) in [6.07, 6.45) is 2.04. The normalized spacial score (nSPS) is 10.4. The van der Waals surface area contributed by atoms with Crippen LogP contribution in [0.4, 0.5) is 5.69 Å². The standard InChI is InChI=1S/C24H22ClNO3/c1-2-3-15-29-20-12-9-18(10-13-20)24(28)26-22-14-11-19(25)16-21(22)23(27)17-7-5-4-6-8-17/h4-14,16H,2-3,15H2,1H3,(H,26,28). The Morgan fingerprint density at radius 2 is 1.66 bits per heavy atom. The van der Waals surface area contributed by atoms with Gasteiger partial charge in [0.1, 0.15) is 5.75 Å². The van der Waals surface area contributed by atoms with Gasteiger partial charge >= 0.3 is 0 Å². The van der Waals surface area contributed by atoms with Crippen molar-refractivity contribution in [2.75, 3.05) is 11.9 Å². The van der Waals surface area contributed by atoms with E-state index >= 15 is 0 Å². The summed E-state index contributed by atoms with van der Waals surface area (Å²) in [5.41, 5.74) is 1.76. The average molecular weight is 408 g/mol. The van der Waals surface area contributed by atoms with Crippen molar-refractivity contribution in [1.29, 1.82) is 0 Å². The average Bonchev–Trinajstić information content (AvgIpc) is 2.75. The Morgan fingerprint density at radius 3 is 2.34 bits per heavy atom. The molecule has 0 aliphatic heterocycles.